The summed E-state index contributed by atoms with van der Waals surface area (Å²) in [5.41, 5.74) is 7.90. The third-order valence-corrected chi connectivity index (χ3v) is 3.47. The van der Waals surface area contributed by atoms with Crippen LogP contribution in [-0.4, -0.2) is 22.7 Å². The van der Waals surface area contributed by atoms with E-state index in [1.807, 2.05) is 22.9 Å². The summed E-state index contributed by atoms with van der Waals surface area (Å²) in [5.74, 6) is 0.546. The van der Waals surface area contributed by atoms with Gasteiger partial charge in [-0.2, -0.15) is 0 Å². The number of benzene rings is 1. The van der Waals surface area contributed by atoms with E-state index in [9.17, 15) is 0 Å². The maximum atomic E-state index is 6.00. The van der Waals surface area contributed by atoms with Crippen molar-refractivity contribution in [1.29, 1.82) is 0 Å². The second kappa shape index (κ2) is 4.11. The van der Waals surface area contributed by atoms with Gasteiger partial charge in [0.05, 0.1) is 11.0 Å². The van der Waals surface area contributed by atoms with E-state index in [0.29, 0.717) is 11.0 Å². The molecule has 90 valence electrons. The van der Waals surface area contributed by atoms with Crippen LogP contribution in [0.3, 0.4) is 0 Å². The van der Waals surface area contributed by atoms with Gasteiger partial charge in [-0.3, -0.25) is 0 Å². The number of aromatic nitrogens is 2. The molecule has 1 fully saturated rings. The van der Waals surface area contributed by atoms with Gasteiger partial charge in [0, 0.05) is 18.1 Å². The van der Waals surface area contributed by atoms with E-state index in [-0.39, 0.29) is 0 Å². The predicted octanol–water partition coefficient (Wildman–Crippen LogP) is 2.39. The van der Waals surface area contributed by atoms with Gasteiger partial charge in [-0.25, -0.2) is 9.66 Å². The molecule has 2 N–H and O–H groups in total. The number of imidazole rings is 1. The van der Waals surface area contributed by atoms with Crippen molar-refractivity contribution in [2.75, 3.05) is 23.8 Å². The molecule has 0 amide bonds. The second-order valence-corrected chi connectivity index (χ2v) is 4.87. The summed E-state index contributed by atoms with van der Waals surface area (Å²) in [6, 6.07) is 5.72. The van der Waals surface area contributed by atoms with Crippen molar-refractivity contribution in [1.82, 2.24) is 9.66 Å². The Labute approximate surface area is 105 Å². The van der Waals surface area contributed by atoms with Gasteiger partial charge in [-0.05, 0) is 37.5 Å². The number of rotatable bonds is 1. The molecular weight excluding hydrogens is 236 g/mol. The predicted molar refractivity (Wildman–Crippen MR) is 71.0 cm³/mol. The van der Waals surface area contributed by atoms with Crippen LogP contribution in [0.4, 0.5) is 5.95 Å². The highest BCUT2D eigenvalue weighted by Crippen LogP contribution is 2.23. The number of halogens is 1. The normalized spacial score (nSPS) is 16.6. The number of nitrogens with two attached hydrogens (primary N) is 1. The first kappa shape index (κ1) is 10.7. The molecule has 0 atom stereocenters. The summed E-state index contributed by atoms with van der Waals surface area (Å²) in [6.07, 6.45) is 3.73. The Morgan fingerprint density at radius 3 is 2.71 bits per heavy atom. The minimum absolute atomic E-state index is 0.546. The average Bonchev–Trinajstić information content (AvgIpc) is 2.65. The minimum Gasteiger partial charge on any atom is -0.368 e. The number of nitrogen functional groups attached to an aromatic ring is 1. The first-order valence-electron chi connectivity index (χ1n) is 5.94. The number of hydrogen-bond acceptors (Lipinski definition) is 3. The van der Waals surface area contributed by atoms with E-state index in [1.165, 1.54) is 19.3 Å². The van der Waals surface area contributed by atoms with Crippen LogP contribution in [0.15, 0.2) is 18.2 Å². The van der Waals surface area contributed by atoms with Gasteiger partial charge < -0.3 is 10.7 Å². The van der Waals surface area contributed by atoms with E-state index < -0.39 is 0 Å². The Bertz CT molecular complexity index is 543. The fraction of sp³-hybridized carbons (Fsp3) is 0.417. The summed E-state index contributed by atoms with van der Waals surface area (Å²) >= 11 is 5.96. The van der Waals surface area contributed by atoms with E-state index in [0.717, 1.165) is 24.1 Å². The fourth-order valence-corrected chi connectivity index (χ4v) is 2.60. The fourth-order valence-electron chi connectivity index (χ4n) is 2.43. The largest absolute Gasteiger partial charge is 0.368 e. The number of hydrogen-bond donors (Lipinski definition) is 1. The lowest BCUT2D eigenvalue weighted by Crippen LogP contribution is -2.39. The molecule has 17 heavy (non-hydrogen) atoms. The molecule has 3 rings (SSSR count). The van der Waals surface area contributed by atoms with E-state index in [4.69, 9.17) is 17.3 Å². The number of fused-ring (bicyclic) bond motifs is 1. The van der Waals surface area contributed by atoms with Crippen LogP contribution in [0.25, 0.3) is 11.0 Å². The summed E-state index contributed by atoms with van der Waals surface area (Å²) in [4.78, 5) is 4.36. The molecular formula is C12H15ClN4. The Hall–Kier alpha value is -1.42. The lowest BCUT2D eigenvalue weighted by atomic mass is 10.2. The lowest BCUT2D eigenvalue weighted by molar-refractivity contribution is 0.489. The highest BCUT2D eigenvalue weighted by molar-refractivity contribution is 6.31. The molecule has 0 spiro atoms. The first-order chi connectivity index (χ1) is 8.25. The summed E-state index contributed by atoms with van der Waals surface area (Å²) in [7, 11) is 0. The molecule has 4 nitrogen and oxygen atoms in total. The number of piperidine rings is 1. The monoisotopic (exact) mass is 250 g/mol. The van der Waals surface area contributed by atoms with Gasteiger partial charge in [0.1, 0.15) is 0 Å². The molecule has 0 unspecified atom stereocenters. The van der Waals surface area contributed by atoms with Crippen molar-refractivity contribution >= 4 is 28.6 Å². The van der Waals surface area contributed by atoms with Crippen LogP contribution in [0.1, 0.15) is 19.3 Å². The molecule has 2 heterocycles. The zero-order valence-corrected chi connectivity index (χ0v) is 10.3. The van der Waals surface area contributed by atoms with Crippen LogP contribution < -0.4 is 10.7 Å². The molecule has 2 aromatic rings. The standard InChI is InChI=1S/C12H15ClN4/c13-9-4-5-11-10(8-9)15-12(14)17(11)16-6-2-1-3-7-16/h4-5,8H,1-3,6-7H2,(H2,14,15). The van der Waals surface area contributed by atoms with Crippen LogP contribution in [0, 0.1) is 0 Å². The molecule has 1 aliphatic heterocycles. The van der Waals surface area contributed by atoms with E-state index >= 15 is 0 Å². The third-order valence-electron chi connectivity index (χ3n) is 3.23. The van der Waals surface area contributed by atoms with Crippen molar-refractivity contribution in [3.8, 4) is 0 Å². The number of nitrogens with zero attached hydrogens (tertiary/aromatic N) is 3. The molecule has 1 aromatic heterocycles. The Morgan fingerprint density at radius 2 is 1.94 bits per heavy atom. The van der Waals surface area contributed by atoms with Gasteiger partial charge in [0.15, 0.2) is 0 Å². The molecule has 1 aliphatic rings. The van der Waals surface area contributed by atoms with Crippen molar-refractivity contribution < 1.29 is 0 Å². The molecule has 1 aromatic carbocycles. The quantitative estimate of drug-likeness (QED) is 0.846. The molecule has 0 bridgehead atoms. The van der Waals surface area contributed by atoms with Gasteiger partial charge >= 0.3 is 0 Å². The Kier molecular flexibility index (Phi) is 2.59. The SMILES string of the molecule is Nc1nc2cc(Cl)ccc2n1N1CCCCC1. The van der Waals surface area contributed by atoms with Crippen molar-refractivity contribution in [3.05, 3.63) is 23.2 Å². The smallest absolute Gasteiger partial charge is 0.220 e. The zero-order chi connectivity index (χ0) is 11.8. The zero-order valence-electron chi connectivity index (χ0n) is 9.56. The van der Waals surface area contributed by atoms with E-state index in [2.05, 4.69) is 9.99 Å². The number of anilines is 1. The molecule has 0 saturated carbocycles. The van der Waals surface area contributed by atoms with Crippen molar-refractivity contribution in [2.24, 2.45) is 0 Å². The van der Waals surface area contributed by atoms with E-state index in [1.54, 1.807) is 0 Å². The first-order valence-corrected chi connectivity index (χ1v) is 6.32. The van der Waals surface area contributed by atoms with Gasteiger partial charge in [0.2, 0.25) is 5.95 Å². The minimum atomic E-state index is 0.546. The summed E-state index contributed by atoms with van der Waals surface area (Å²) < 4.78 is 2.02. The van der Waals surface area contributed by atoms with Gasteiger partial charge in [-0.1, -0.05) is 11.6 Å². The topological polar surface area (TPSA) is 47.1 Å². The molecule has 0 radical (unpaired) electrons. The van der Waals surface area contributed by atoms with Crippen LogP contribution in [0.5, 0.6) is 0 Å². The van der Waals surface area contributed by atoms with Gasteiger partial charge in [0.25, 0.3) is 0 Å². The van der Waals surface area contributed by atoms with Crippen molar-refractivity contribution in [3.63, 3.8) is 0 Å². The van der Waals surface area contributed by atoms with Crippen molar-refractivity contribution in [2.45, 2.75) is 19.3 Å². The molecule has 1 saturated heterocycles. The van der Waals surface area contributed by atoms with Crippen LogP contribution in [0.2, 0.25) is 5.02 Å². The second-order valence-electron chi connectivity index (χ2n) is 4.43. The molecule has 5 heteroatoms. The molecule has 0 aliphatic carbocycles. The highest BCUT2D eigenvalue weighted by Gasteiger charge is 2.16. The Morgan fingerprint density at radius 1 is 1.18 bits per heavy atom. The highest BCUT2D eigenvalue weighted by atomic mass is 35.5. The summed E-state index contributed by atoms with van der Waals surface area (Å²) in [5, 5.41) is 2.96. The van der Waals surface area contributed by atoms with Crippen LogP contribution >= 0.6 is 11.6 Å². The maximum absolute atomic E-state index is 6.00. The van der Waals surface area contributed by atoms with Gasteiger partial charge in [-0.15, -0.1) is 0 Å². The average molecular weight is 251 g/mol. The maximum Gasteiger partial charge on any atom is 0.220 e. The Balaban J connectivity index is 2.11. The third kappa shape index (κ3) is 1.82. The van der Waals surface area contributed by atoms with Crippen LogP contribution in [-0.2, 0) is 0 Å². The lowest BCUT2D eigenvalue weighted by Gasteiger charge is -2.30. The summed E-state index contributed by atoms with van der Waals surface area (Å²) in [6.45, 7) is 2.08.